The summed E-state index contributed by atoms with van der Waals surface area (Å²) in [7, 11) is 0. The Hall–Kier alpha value is -2.16. The number of phenolic OH excluding ortho intramolecular Hbond substituents is 3. The van der Waals surface area contributed by atoms with Gasteiger partial charge in [-0.15, -0.1) is 0 Å². The Morgan fingerprint density at radius 1 is 0.750 bits per heavy atom. The van der Waals surface area contributed by atoms with Gasteiger partial charge in [0.15, 0.2) is 11.5 Å². The molecule has 0 aliphatic carbocycles. The van der Waals surface area contributed by atoms with Gasteiger partial charge in [-0.05, 0) is 52.1 Å². The summed E-state index contributed by atoms with van der Waals surface area (Å²) in [5.74, 6) is -0.0305. The Morgan fingerprint density at radius 2 is 1.38 bits per heavy atom. The van der Waals surface area contributed by atoms with Crippen LogP contribution in [0, 0.1) is 5.41 Å². The molecule has 0 aliphatic heterocycles. The quantitative estimate of drug-likeness (QED) is 0.684. The Balaban J connectivity index is 2.33. The first-order chi connectivity index (χ1) is 11.0. The number of aromatic hydroxyl groups is 3. The van der Waals surface area contributed by atoms with E-state index in [4.69, 9.17) is 0 Å². The molecular formula is C21H28O3. The molecule has 2 aromatic carbocycles. The fraction of sp³-hybridized carbons (Fsp3) is 0.429. The van der Waals surface area contributed by atoms with E-state index in [2.05, 4.69) is 34.6 Å². The van der Waals surface area contributed by atoms with E-state index in [1.165, 1.54) is 17.7 Å². The Morgan fingerprint density at radius 3 is 1.96 bits per heavy atom. The predicted octanol–water partition coefficient (Wildman–Crippen LogP) is 5.11. The predicted molar refractivity (Wildman–Crippen MR) is 97.8 cm³/mol. The SMILES string of the molecule is CC(C)(C)CC(C)(C)c1ccc(O)c(Cc2ccc(O)c(O)c2)c1. The highest BCUT2D eigenvalue weighted by Crippen LogP contribution is 2.38. The van der Waals surface area contributed by atoms with Crippen LogP contribution in [0.15, 0.2) is 36.4 Å². The van der Waals surface area contributed by atoms with Crippen molar-refractivity contribution < 1.29 is 15.3 Å². The Labute approximate surface area is 144 Å². The lowest BCUT2D eigenvalue weighted by Gasteiger charge is -2.33. The van der Waals surface area contributed by atoms with Gasteiger partial charge in [0.05, 0.1) is 0 Å². The standard InChI is InChI=1S/C21H28O3/c1-20(2,3)13-21(4,5)16-7-9-17(22)15(12-16)10-14-6-8-18(23)19(24)11-14/h6-9,11-12,22-24H,10,13H2,1-5H3. The van der Waals surface area contributed by atoms with Crippen LogP contribution in [0.3, 0.4) is 0 Å². The number of benzene rings is 2. The smallest absolute Gasteiger partial charge is 0.157 e. The molecule has 3 nitrogen and oxygen atoms in total. The summed E-state index contributed by atoms with van der Waals surface area (Å²) >= 11 is 0. The fourth-order valence-corrected chi connectivity index (χ4v) is 3.47. The van der Waals surface area contributed by atoms with E-state index < -0.39 is 0 Å². The maximum Gasteiger partial charge on any atom is 0.157 e. The van der Waals surface area contributed by atoms with Gasteiger partial charge in [0, 0.05) is 6.42 Å². The molecule has 0 saturated carbocycles. The van der Waals surface area contributed by atoms with Crippen LogP contribution in [-0.4, -0.2) is 15.3 Å². The molecule has 2 rings (SSSR count). The second-order valence-corrected chi connectivity index (χ2v) is 8.46. The number of hydrogen-bond donors (Lipinski definition) is 3. The molecule has 0 aliphatic rings. The van der Waals surface area contributed by atoms with Crippen LogP contribution < -0.4 is 0 Å². The molecule has 0 fully saturated rings. The van der Waals surface area contributed by atoms with Crippen molar-refractivity contribution in [2.24, 2.45) is 5.41 Å². The molecule has 0 radical (unpaired) electrons. The maximum atomic E-state index is 10.2. The van der Waals surface area contributed by atoms with E-state index in [-0.39, 0.29) is 28.1 Å². The van der Waals surface area contributed by atoms with E-state index >= 15 is 0 Å². The largest absolute Gasteiger partial charge is 0.508 e. The number of rotatable bonds is 4. The molecule has 3 N–H and O–H groups in total. The van der Waals surface area contributed by atoms with Crippen molar-refractivity contribution in [2.45, 2.75) is 52.9 Å². The lowest BCUT2D eigenvalue weighted by molar-refractivity contribution is 0.284. The first kappa shape index (κ1) is 18.2. The summed E-state index contributed by atoms with van der Waals surface area (Å²) in [6, 6.07) is 10.5. The molecule has 0 spiro atoms. The van der Waals surface area contributed by atoms with Gasteiger partial charge < -0.3 is 15.3 Å². The van der Waals surface area contributed by atoms with Crippen LogP contribution >= 0.6 is 0 Å². The van der Waals surface area contributed by atoms with Crippen LogP contribution in [0.4, 0.5) is 0 Å². The van der Waals surface area contributed by atoms with Crippen molar-refractivity contribution in [3.8, 4) is 17.2 Å². The van der Waals surface area contributed by atoms with Crippen LogP contribution in [0.5, 0.6) is 17.2 Å². The number of hydrogen-bond acceptors (Lipinski definition) is 3. The second-order valence-electron chi connectivity index (χ2n) is 8.46. The van der Waals surface area contributed by atoms with Gasteiger partial charge in [-0.2, -0.15) is 0 Å². The van der Waals surface area contributed by atoms with Gasteiger partial charge in [-0.3, -0.25) is 0 Å². The lowest BCUT2D eigenvalue weighted by atomic mass is 9.72. The molecule has 130 valence electrons. The van der Waals surface area contributed by atoms with Crippen LogP contribution in [-0.2, 0) is 11.8 Å². The molecule has 0 aromatic heterocycles. The molecule has 24 heavy (non-hydrogen) atoms. The molecular weight excluding hydrogens is 300 g/mol. The first-order valence-corrected chi connectivity index (χ1v) is 8.31. The van der Waals surface area contributed by atoms with Crippen LogP contribution in [0.2, 0.25) is 0 Å². The Bertz CT molecular complexity index is 724. The molecule has 3 heteroatoms. The maximum absolute atomic E-state index is 10.2. The van der Waals surface area contributed by atoms with Gasteiger partial charge in [-0.1, -0.05) is 52.8 Å². The minimum Gasteiger partial charge on any atom is -0.508 e. The zero-order valence-corrected chi connectivity index (χ0v) is 15.2. The topological polar surface area (TPSA) is 60.7 Å². The van der Waals surface area contributed by atoms with Crippen LogP contribution in [0.25, 0.3) is 0 Å². The molecule has 0 saturated heterocycles. The average molecular weight is 328 g/mol. The van der Waals surface area contributed by atoms with Crippen molar-refractivity contribution in [3.05, 3.63) is 53.1 Å². The highest BCUT2D eigenvalue weighted by atomic mass is 16.3. The molecule has 0 unspecified atom stereocenters. The van der Waals surface area contributed by atoms with Crippen molar-refractivity contribution >= 4 is 0 Å². The minimum absolute atomic E-state index is 0.00219. The molecule has 0 atom stereocenters. The number of phenols is 3. The molecule has 0 heterocycles. The zero-order valence-electron chi connectivity index (χ0n) is 15.2. The molecule has 0 amide bonds. The van der Waals surface area contributed by atoms with Gasteiger partial charge in [-0.25, -0.2) is 0 Å². The van der Waals surface area contributed by atoms with Crippen molar-refractivity contribution in [2.75, 3.05) is 0 Å². The fourth-order valence-electron chi connectivity index (χ4n) is 3.47. The van der Waals surface area contributed by atoms with Crippen LogP contribution in [0.1, 0.15) is 57.7 Å². The summed E-state index contributed by atoms with van der Waals surface area (Å²) in [6.45, 7) is 11.1. The summed E-state index contributed by atoms with van der Waals surface area (Å²) in [5.41, 5.74) is 3.06. The third-order valence-electron chi connectivity index (χ3n) is 4.27. The summed E-state index contributed by atoms with van der Waals surface area (Å²) in [4.78, 5) is 0. The minimum atomic E-state index is -0.142. The zero-order chi connectivity index (χ0) is 18.1. The highest BCUT2D eigenvalue weighted by Gasteiger charge is 2.27. The monoisotopic (exact) mass is 328 g/mol. The van der Waals surface area contributed by atoms with E-state index in [0.29, 0.717) is 6.42 Å². The summed E-state index contributed by atoms with van der Waals surface area (Å²) in [5, 5.41) is 29.3. The normalized spacial score (nSPS) is 12.4. The van der Waals surface area contributed by atoms with E-state index in [1.807, 2.05) is 12.1 Å². The average Bonchev–Trinajstić information content (AvgIpc) is 2.42. The van der Waals surface area contributed by atoms with E-state index in [0.717, 1.165) is 17.5 Å². The first-order valence-electron chi connectivity index (χ1n) is 8.31. The highest BCUT2D eigenvalue weighted by molar-refractivity contribution is 5.45. The molecule has 0 bridgehead atoms. The third-order valence-corrected chi connectivity index (χ3v) is 4.27. The Kier molecular flexibility index (Phi) is 4.84. The van der Waals surface area contributed by atoms with Gasteiger partial charge in [0.2, 0.25) is 0 Å². The third kappa shape index (κ3) is 4.44. The second kappa shape index (κ2) is 6.39. The van der Waals surface area contributed by atoms with Gasteiger partial charge in [0.25, 0.3) is 0 Å². The van der Waals surface area contributed by atoms with Crippen molar-refractivity contribution in [3.63, 3.8) is 0 Å². The van der Waals surface area contributed by atoms with E-state index in [1.54, 1.807) is 12.1 Å². The summed E-state index contributed by atoms with van der Waals surface area (Å²) < 4.78 is 0. The van der Waals surface area contributed by atoms with Gasteiger partial charge >= 0.3 is 0 Å². The van der Waals surface area contributed by atoms with Crippen molar-refractivity contribution in [1.29, 1.82) is 0 Å². The van der Waals surface area contributed by atoms with Crippen molar-refractivity contribution in [1.82, 2.24) is 0 Å². The van der Waals surface area contributed by atoms with Gasteiger partial charge in [0.1, 0.15) is 5.75 Å². The van der Waals surface area contributed by atoms with E-state index in [9.17, 15) is 15.3 Å². The lowest BCUT2D eigenvalue weighted by Crippen LogP contribution is -2.24. The summed E-state index contributed by atoms with van der Waals surface area (Å²) in [6.07, 6.45) is 1.53. The molecule has 2 aromatic rings.